The van der Waals surface area contributed by atoms with Crippen LogP contribution in [0.25, 0.3) is 21.0 Å². The molecule has 1 aromatic carbocycles. The number of fused-ring (bicyclic) bond motifs is 1. The van der Waals surface area contributed by atoms with Gasteiger partial charge in [-0.3, -0.25) is 10.2 Å². The van der Waals surface area contributed by atoms with Gasteiger partial charge < -0.3 is 4.42 Å². The SMILES string of the molecule is O=c1[nH]ncc(N/N=C\c2ccc(-c3nc4ccccc4s3)o2)c1Cl. The molecule has 0 saturated carbocycles. The number of nitrogens with zero attached hydrogens (tertiary/aromatic N) is 3. The van der Waals surface area contributed by atoms with Crippen molar-refractivity contribution in [1.29, 1.82) is 0 Å². The molecule has 4 rings (SSSR count). The Balaban J connectivity index is 1.53. The van der Waals surface area contributed by atoms with Crippen molar-refractivity contribution in [3.8, 4) is 10.8 Å². The van der Waals surface area contributed by atoms with Crippen molar-refractivity contribution < 1.29 is 4.42 Å². The van der Waals surface area contributed by atoms with Gasteiger partial charge in [0.05, 0.1) is 22.6 Å². The normalized spacial score (nSPS) is 11.4. The molecule has 0 radical (unpaired) electrons. The Morgan fingerprint density at radius 1 is 1.28 bits per heavy atom. The summed E-state index contributed by atoms with van der Waals surface area (Å²) in [6.45, 7) is 0. The highest BCUT2D eigenvalue weighted by molar-refractivity contribution is 7.21. The number of H-pyrrole nitrogens is 1. The minimum Gasteiger partial charge on any atom is -0.453 e. The van der Waals surface area contributed by atoms with Gasteiger partial charge in [-0.1, -0.05) is 23.7 Å². The molecule has 0 spiro atoms. The van der Waals surface area contributed by atoms with Crippen LogP contribution in [0.2, 0.25) is 5.02 Å². The molecule has 3 heterocycles. The van der Waals surface area contributed by atoms with Crippen LogP contribution >= 0.6 is 22.9 Å². The monoisotopic (exact) mass is 371 g/mol. The third kappa shape index (κ3) is 3.17. The van der Waals surface area contributed by atoms with Crippen molar-refractivity contribution in [3.63, 3.8) is 0 Å². The summed E-state index contributed by atoms with van der Waals surface area (Å²) < 4.78 is 6.83. The molecule has 3 aromatic heterocycles. The molecule has 25 heavy (non-hydrogen) atoms. The van der Waals surface area contributed by atoms with Gasteiger partial charge in [-0.05, 0) is 24.3 Å². The number of furan rings is 1. The summed E-state index contributed by atoms with van der Waals surface area (Å²) in [5, 5.41) is 10.7. The number of hydrazone groups is 1. The fraction of sp³-hybridized carbons (Fsp3) is 0. The van der Waals surface area contributed by atoms with Crippen molar-refractivity contribution in [2.75, 3.05) is 5.43 Å². The van der Waals surface area contributed by atoms with Gasteiger partial charge in [0.25, 0.3) is 5.56 Å². The second kappa shape index (κ2) is 6.50. The highest BCUT2D eigenvalue weighted by Crippen LogP contribution is 2.30. The van der Waals surface area contributed by atoms with Crippen LogP contribution in [0.5, 0.6) is 0 Å². The van der Waals surface area contributed by atoms with Gasteiger partial charge in [0, 0.05) is 0 Å². The molecule has 0 amide bonds. The number of nitrogens with one attached hydrogen (secondary N) is 2. The fourth-order valence-corrected chi connectivity index (χ4v) is 3.20. The van der Waals surface area contributed by atoms with Gasteiger partial charge in [0.2, 0.25) is 0 Å². The van der Waals surface area contributed by atoms with E-state index in [1.54, 1.807) is 17.4 Å². The van der Waals surface area contributed by atoms with E-state index in [2.05, 4.69) is 25.7 Å². The third-order valence-corrected chi connectivity index (χ3v) is 4.73. The van der Waals surface area contributed by atoms with Crippen LogP contribution in [0, 0.1) is 0 Å². The number of thiazole rings is 1. The van der Waals surface area contributed by atoms with Gasteiger partial charge in [0.1, 0.15) is 16.5 Å². The van der Waals surface area contributed by atoms with Crippen molar-refractivity contribution >= 4 is 45.1 Å². The Kier molecular flexibility index (Phi) is 4.04. The molecule has 0 atom stereocenters. The maximum absolute atomic E-state index is 11.3. The van der Waals surface area contributed by atoms with Gasteiger partial charge >= 0.3 is 0 Å². The van der Waals surface area contributed by atoms with Crippen LogP contribution in [-0.4, -0.2) is 21.4 Å². The maximum atomic E-state index is 11.3. The average Bonchev–Trinajstić information content (AvgIpc) is 3.25. The largest absolute Gasteiger partial charge is 0.453 e. The van der Waals surface area contributed by atoms with Crippen LogP contribution < -0.4 is 11.0 Å². The smallest absolute Gasteiger partial charge is 0.285 e. The van der Waals surface area contributed by atoms with Gasteiger partial charge in [-0.25, -0.2) is 10.1 Å². The molecule has 0 aliphatic carbocycles. The van der Waals surface area contributed by atoms with Gasteiger partial charge in [-0.2, -0.15) is 10.2 Å². The van der Waals surface area contributed by atoms with E-state index in [0.29, 0.717) is 17.2 Å². The third-order valence-electron chi connectivity index (χ3n) is 3.30. The number of rotatable bonds is 4. The summed E-state index contributed by atoms with van der Waals surface area (Å²) in [6.07, 6.45) is 2.85. The first-order valence-electron chi connectivity index (χ1n) is 7.19. The van der Waals surface area contributed by atoms with E-state index in [4.69, 9.17) is 16.0 Å². The number of hydrogen-bond acceptors (Lipinski definition) is 7. The zero-order valence-corrected chi connectivity index (χ0v) is 14.1. The Bertz CT molecular complexity index is 1100. The van der Waals surface area contributed by atoms with Crippen molar-refractivity contribution in [2.45, 2.75) is 0 Å². The summed E-state index contributed by atoms with van der Waals surface area (Å²) in [6, 6.07) is 11.5. The molecule has 0 bridgehead atoms. The van der Waals surface area contributed by atoms with Crippen LogP contribution in [0.1, 0.15) is 5.76 Å². The first kappa shape index (κ1) is 15.6. The first-order chi connectivity index (χ1) is 12.2. The van der Waals surface area contributed by atoms with E-state index in [9.17, 15) is 4.79 Å². The maximum Gasteiger partial charge on any atom is 0.285 e. The zero-order valence-electron chi connectivity index (χ0n) is 12.6. The number of halogens is 1. The molecule has 0 saturated heterocycles. The van der Waals surface area contributed by atoms with Crippen LogP contribution in [0.4, 0.5) is 5.69 Å². The lowest BCUT2D eigenvalue weighted by Gasteiger charge is -1.99. The Morgan fingerprint density at radius 3 is 3.04 bits per heavy atom. The molecule has 124 valence electrons. The van der Waals surface area contributed by atoms with E-state index < -0.39 is 5.56 Å². The molecule has 0 fully saturated rings. The minimum absolute atomic E-state index is 0.0123. The zero-order chi connectivity index (χ0) is 17.2. The molecule has 7 nitrogen and oxygen atoms in total. The standard InChI is InChI=1S/C16H10ClN5O2S/c17-14-11(8-19-22-15(14)23)21-18-7-9-5-6-12(24-9)16-20-10-3-1-2-4-13(10)25-16/h1-8H,(H2,21,22,23)/b18-7-. The average molecular weight is 372 g/mol. The minimum atomic E-state index is -0.488. The van der Waals surface area contributed by atoms with Crippen LogP contribution in [-0.2, 0) is 0 Å². The Morgan fingerprint density at radius 2 is 2.16 bits per heavy atom. The lowest BCUT2D eigenvalue weighted by molar-refractivity contribution is 0.574. The van der Waals surface area contributed by atoms with Crippen molar-refractivity contribution in [1.82, 2.24) is 15.2 Å². The van der Waals surface area contributed by atoms with Crippen LogP contribution in [0.3, 0.4) is 0 Å². The van der Waals surface area contributed by atoms with E-state index >= 15 is 0 Å². The summed E-state index contributed by atoms with van der Waals surface area (Å²) in [4.78, 5) is 15.9. The second-order valence-electron chi connectivity index (χ2n) is 4.99. The number of hydrogen-bond donors (Lipinski definition) is 2. The second-order valence-corrected chi connectivity index (χ2v) is 6.39. The number of anilines is 1. The molecular formula is C16H10ClN5O2S. The summed E-state index contributed by atoms with van der Waals surface area (Å²) >= 11 is 7.41. The van der Waals surface area contributed by atoms with Crippen molar-refractivity contribution in [2.24, 2.45) is 5.10 Å². The first-order valence-corrected chi connectivity index (χ1v) is 8.38. The highest BCUT2D eigenvalue weighted by atomic mass is 35.5. The van der Waals surface area contributed by atoms with E-state index in [0.717, 1.165) is 15.2 Å². The fourth-order valence-electron chi connectivity index (χ4n) is 2.14. The predicted octanol–water partition coefficient (Wildman–Crippen LogP) is 3.74. The quantitative estimate of drug-likeness (QED) is 0.421. The van der Waals surface area contributed by atoms with E-state index in [-0.39, 0.29) is 5.02 Å². The molecule has 0 unspecified atom stereocenters. The summed E-state index contributed by atoms with van der Waals surface area (Å²) in [5.41, 5.74) is 3.41. The lowest BCUT2D eigenvalue weighted by Crippen LogP contribution is -2.09. The molecule has 4 aromatic rings. The predicted molar refractivity (Wildman–Crippen MR) is 98.4 cm³/mol. The number of para-hydroxylation sites is 1. The summed E-state index contributed by atoms with van der Waals surface area (Å²) in [5.74, 6) is 1.20. The number of benzene rings is 1. The Labute approximate surface area is 150 Å². The lowest BCUT2D eigenvalue weighted by atomic mass is 10.3. The molecule has 9 heteroatoms. The van der Waals surface area contributed by atoms with Crippen molar-refractivity contribution in [3.05, 3.63) is 63.7 Å². The summed E-state index contributed by atoms with van der Waals surface area (Å²) in [7, 11) is 0. The molecular weight excluding hydrogens is 362 g/mol. The highest BCUT2D eigenvalue weighted by Gasteiger charge is 2.09. The van der Waals surface area contributed by atoms with E-state index in [1.807, 2.05) is 30.3 Å². The molecule has 2 N–H and O–H groups in total. The van der Waals surface area contributed by atoms with Crippen LogP contribution in [0.15, 0.2) is 56.9 Å². The Hall–Kier alpha value is -2.97. The van der Waals surface area contributed by atoms with Gasteiger partial charge in [0.15, 0.2) is 10.8 Å². The number of aromatic amines is 1. The number of aromatic nitrogens is 3. The molecule has 0 aliphatic rings. The van der Waals surface area contributed by atoms with E-state index in [1.165, 1.54) is 12.4 Å². The topological polar surface area (TPSA) is 96.2 Å². The van der Waals surface area contributed by atoms with Gasteiger partial charge in [-0.15, -0.1) is 11.3 Å². The molecule has 0 aliphatic heterocycles.